The number of ether oxygens (including phenoxy) is 2. The maximum Gasteiger partial charge on any atom is 0.338 e. The van der Waals surface area contributed by atoms with Gasteiger partial charge < -0.3 is 9.47 Å². The van der Waals surface area contributed by atoms with Gasteiger partial charge in [0.2, 0.25) is 0 Å². The minimum atomic E-state index is -0.418. The predicted octanol–water partition coefficient (Wildman–Crippen LogP) is 3.19. The van der Waals surface area contributed by atoms with Crippen molar-refractivity contribution in [3.63, 3.8) is 0 Å². The predicted molar refractivity (Wildman–Crippen MR) is 68.5 cm³/mol. The molecule has 2 rings (SSSR count). The standard InChI is InChI=1S/C15H13FO3/c1-18-15(17)14-8-3-2-5-11(14)10-19-13-7-4-6-12(16)9-13/h2-9H,10H2,1H3. The SMILES string of the molecule is COC(=O)c1ccccc1COc1cccc(F)c1. The average Bonchev–Trinajstić information content (AvgIpc) is 2.45. The van der Waals surface area contributed by atoms with E-state index < -0.39 is 5.97 Å². The number of carbonyl (C=O) groups is 1. The van der Waals surface area contributed by atoms with Gasteiger partial charge in [0, 0.05) is 11.6 Å². The molecule has 4 heteroatoms. The molecule has 0 N–H and O–H groups in total. The molecule has 0 aliphatic heterocycles. The summed E-state index contributed by atoms with van der Waals surface area (Å²) in [5.41, 5.74) is 1.14. The first-order chi connectivity index (χ1) is 9.20. The Morgan fingerprint density at radius 3 is 2.68 bits per heavy atom. The topological polar surface area (TPSA) is 35.5 Å². The summed E-state index contributed by atoms with van der Waals surface area (Å²) in [6.07, 6.45) is 0. The van der Waals surface area contributed by atoms with Crippen LogP contribution in [0.5, 0.6) is 5.75 Å². The Balaban J connectivity index is 2.13. The van der Waals surface area contributed by atoms with Crippen molar-refractivity contribution in [1.82, 2.24) is 0 Å². The van der Waals surface area contributed by atoms with E-state index in [0.29, 0.717) is 16.9 Å². The fraction of sp³-hybridized carbons (Fsp3) is 0.133. The lowest BCUT2D eigenvalue weighted by Crippen LogP contribution is -2.07. The third kappa shape index (κ3) is 3.31. The van der Waals surface area contributed by atoms with Crippen LogP contribution in [0.1, 0.15) is 15.9 Å². The van der Waals surface area contributed by atoms with Crippen molar-refractivity contribution in [3.8, 4) is 5.75 Å². The van der Waals surface area contributed by atoms with E-state index in [4.69, 9.17) is 9.47 Å². The molecule has 98 valence electrons. The highest BCUT2D eigenvalue weighted by molar-refractivity contribution is 5.90. The summed E-state index contributed by atoms with van der Waals surface area (Å²) in [6.45, 7) is 0.175. The highest BCUT2D eigenvalue weighted by atomic mass is 19.1. The summed E-state index contributed by atoms with van der Waals surface area (Å²) in [7, 11) is 1.33. The maximum absolute atomic E-state index is 13.0. The van der Waals surface area contributed by atoms with Gasteiger partial charge in [-0.1, -0.05) is 24.3 Å². The molecule has 19 heavy (non-hydrogen) atoms. The fourth-order valence-electron chi connectivity index (χ4n) is 1.67. The molecule has 0 amide bonds. The monoisotopic (exact) mass is 260 g/mol. The summed E-state index contributed by atoms with van der Waals surface area (Å²) in [4.78, 5) is 11.6. The van der Waals surface area contributed by atoms with E-state index in [1.54, 1.807) is 36.4 Å². The number of esters is 1. The van der Waals surface area contributed by atoms with Crippen LogP contribution in [0.2, 0.25) is 0 Å². The van der Waals surface area contributed by atoms with Crippen LogP contribution < -0.4 is 4.74 Å². The first kappa shape index (κ1) is 13.1. The first-order valence-electron chi connectivity index (χ1n) is 5.75. The number of rotatable bonds is 4. The molecule has 0 aliphatic carbocycles. The number of hydrogen-bond donors (Lipinski definition) is 0. The van der Waals surface area contributed by atoms with Gasteiger partial charge >= 0.3 is 5.97 Å². The number of hydrogen-bond acceptors (Lipinski definition) is 3. The molecule has 3 nitrogen and oxygen atoms in total. The zero-order chi connectivity index (χ0) is 13.7. The maximum atomic E-state index is 13.0. The molecule has 0 unspecified atom stereocenters. The molecule has 0 fully saturated rings. The molecule has 0 bridgehead atoms. The normalized spacial score (nSPS) is 10.0. The lowest BCUT2D eigenvalue weighted by atomic mass is 10.1. The zero-order valence-electron chi connectivity index (χ0n) is 10.4. The van der Waals surface area contributed by atoms with Gasteiger partial charge in [-0.25, -0.2) is 9.18 Å². The molecule has 0 aromatic heterocycles. The number of benzene rings is 2. The van der Waals surface area contributed by atoms with Crippen molar-refractivity contribution in [3.05, 3.63) is 65.5 Å². The van der Waals surface area contributed by atoms with Gasteiger partial charge in [-0.05, 0) is 18.2 Å². The molecule has 2 aromatic carbocycles. The third-order valence-corrected chi connectivity index (χ3v) is 2.61. The van der Waals surface area contributed by atoms with Gasteiger partial charge in [0.1, 0.15) is 18.2 Å². The van der Waals surface area contributed by atoms with E-state index in [2.05, 4.69) is 0 Å². The van der Waals surface area contributed by atoms with Gasteiger partial charge in [0.25, 0.3) is 0 Å². The molecule has 0 heterocycles. The van der Waals surface area contributed by atoms with E-state index in [1.165, 1.54) is 19.2 Å². The molecule has 0 radical (unpaired) electrons. The molecular formula is C15H13FO3. The van der Waals surface area contributed by atoms with Crippen molar-refractivity contribution in [2.45, 2.75) is 6.61 Å². The van der Waals surface area contributed by atoms with Crippen LogP contribution in [0.3, 0.4) is 0 Å². The van der Waals surface area contributed by atoms with Crippen molar-refractivity contribution >= 4 is 5.97 Å². The van der Waals surface area contributed by atoms with Crippen LogP contribution in [0.25, 0.3) is 0 Å². The Kier molecular flexibility index (Phi) is 4.13. The van der Waals surface area contributed by atoms with Gasteiger partial charge in [-0.15, -0.1) is 0 Å². The Morgan fingerprint density at radius 2 is 1.95 bits per heavy atom. The van der Waals surface area contributed by atoms with Crippen LogP contribution in [0, 0.1) is 5.82 Å². The highest BCUT2D eigenvalue weighted by Crippen LogP contribution is 2.16. The second-order valence-corrected chi connectivity index (χ2v) is 3.89. The van der Waals surface area contributed by atoms with Crippen LogP contribution in [0.4, 0.5) is 4.39 Å². The molecule has 2 aromatic rings. The summed E-state index contributed by atoms with van der Waals surface area (Å²) in [5.74, 6) is -0.364. The molecule has 0 saturated carbocycles. The Morgan fingerprint density at radius 1 is 1.16 bits per heavy atom. The summed E-state index contributed by atoms with van der Waals surface area (Å²) < 4.78 is 23.2. The van der Waals surface area contributed by atoms with Crippen LogP contribution in [-0.2, 0) is 11.3 Å². The minimum absolute atomic E-state index is 0.175. The fourth-order valence-corrected chi connectivity index (χ4v) is 1.67. The van der Waals surface area contributed by atoms with E-state index in [-0.39, 0.29) is 12.4 Å². The molecule has 0 aliphatic rings. The largest absolute Gasteiger partial charge is 0.489 e. The highest BCUT2D eigenvalue weighted by Gasteiger charge is 2.11. The third-order valence-electron chi connectivity index (χ3n) is 2.61. The summed E-state index contributed by atoms with van der Waals surface area (Å²) in [5, 5.41) is 0. The Hall–Kier alpha value is -2.36. The molecular weight excluding hydrogens is 247 g/mol. The Labute approximate surface area is 110 Å². The van der Waals surface area contributed by atoms with Gasteiger partial charge in [-0.2, -0.15) is 0 Å². The molecule has 0 atom stereocenters. The molecule has 0 spiro atoms. The van der Waals surface area contributed by atoms with E-state index in [1.807, 2.05) is 0 Å². The summed E-state index contributed by atoms with van der Waals surface area (Å²) in [6, 6.07) is 12.8. The minimum Gasteiger partial charge on any atom is -0.489 e. The van der Waals surface area contributed by atoms with Crippen LogP contribution in [0.15, 0.2) is 48.5 Å². The second kappa shape index (κ2) is 6.00. The lowest BCUT2D eigenvalue weighted by molar-refractivity contribution is 0.0597. The second-order valence-electron chi connectivity index (χ2n) is 3.89. The Bertz CT molecular complexity index is 581. The number of carbonyl (C=O) groups excluding carboxylic acids is 1. The average molecular weight is 260 g/mol. The quantitative estimate of drug-likeness (QED) is 0.792. The van der Waals surface area contributed by atoms with Gasteiger partial charge in [0.05, 0.1) is 12.7 Å². The smallest absolute Gasteiger partial charge is 0.338 e. The molecule has 0 saturated heterocycles. The van der Waals surface area contributed by atoms with Gasteiger partial charge in [-0.3, -0.25) is 0 Å². The van der Waals surface area contributed by atoms with E-state index in [9.17, 15) is 9.18 Å². The first-order valence-corrected chi connectivity index (χ1v) is 5.75. The van der Waals surface area contributed by atoms with Crippen LogP contribution >= 0.6 is 0 Å². The lowest BCUT2D eigenvalue weighted by Gasteiger charge is -2.09. The number of methoxy groups -OCH3 is 1. The van der Waals surface area contributed by atoms with Crippen molar-refractivity contribution < 1.29 is 18.7 Å². The van der Waals surface area contributed by atoms with Crippen molar-refractivity contribution in [1.29, 1.82) is 0 Å². The number of halogens is 1. The van der Waals surface area contributed by atoms with Crippen molar-refractivity contribution in [2.24, 2.45) is 0 Å². The van der Waals surface area contributed by atoms with E-state index in [0.717, 1.165) is 0 Å². The van der Waals surface area contributed by atoms with Crippen LogP contribution in [-0.4, -0.2) is 13.1 Å². The summed E-state index contributed by atoms with van der Waals surface area (Å²) >= 11 is 0. The van der Waals surface area contributed by atoms with Crippen molar-refractivity contribution in [2.75, 3.05) is 7.11 Å². The van der Waals surface area contributed by atoms with E-state index >= 15 is 0 Å². The van der Waals surface area contributed by atoms with Gasteiger partial charge in [0.15, 0.2) is 0 Å². The zero-order valence-corrected chi connectivity index (χ0v) is 10.4.